The van der Waals surface area contributed by atoms with Gasteiger partial charge in [0.05, 0.1) is 0 Å². The quantitative estimate of drug-likeness (QED) is 0.458. The van der Waals surface area contributed by atoms with Crippen LogP contribution in [0.1, 0.15) is 27.2 Å². The normalized spacial score (nSPS) is 52.0. The van der Waals surface area contributed by atoms with Gasteiger partial charge in [0.1, 0.15) is 0 Å². The van der Waals surface area contributed by atoms with Crippen molar-refractivity contribution >= 4 is 9.24 Å². The monoisotopic (exact) mass is 144 g/mol. The first kappa shape index (κ1) is 7.54. The lowest BCUT2D eigenvalue weighted by molar-refractivity contribution is 0.462. The minimum atomic E-state index is 0.875. The largest absolute Gasteiger partial charge is 0.134 e. The molecule has 0 bridgehead atoms. The van der Waals surface area contributed by atoms with E-state index in [4.69, 9.17) is 0 Å². The summed E-state index contributed by atoms with van der Waals surface area (Å²) in [5, 5.41) is 0. The van der Waals surface area contributed by atoms with Crippen LogP contribution in [-0.2, 0) is 0 Å². The van der Waals surface area contributed by atoms with E-state index in [1.807, 2.05) is 0 Å². The van der Waals surface area contributed by atoms with E-state index in [2.05, 4.69) is 30.0 Å². The van der Waals surface area contributed by atoms with E-state index >= 15 is 0 Å². The van der Waals surface area contributed by atoms with Crippen molar-refractivity contribution in [2.75, 3.05) is 0 Å². The molecule has 0 amide bonds. The summed E-state index contributed by atoms with van der Waals surface area (Å²) in [6.45, 7) is 7.09. The van der Waals surface area contributed by atoms with Crippen LogP contribution in [0.25, 0.3) is 0 Å². The SMILES string of the molecule is CC1CC(C)C(P)C1C. The Hall–Kier alpha value is 0.430. The molecular weight excluding hydrogens is 127 g/mol. The third kappa shape index (κ3) is 1.29. The smallest absolute Gasteiger partial charge is 0.0210 e. The molecule has 1 aliphatic carbocycles. The molecule has 0 N–H and O–H groups in total. The van der Waals surface area contributed by atoms with Crippen LogP contribution < -0.4 is 0 Å². The van der Waals surface area contributed by atoms with Gasteiger partial charge in [-0.3, -0.25) is 0 Å². The lowest BCUT2D eigenvalue weighted by Crippen LogP contribution is -2.10. The molecule has 1 aliphatic rings. The van der Waals surface area contributed by atoms with Gasteiger partial charge in [-0.2, -0.15) is 0 Å². The third-order valence-corrected chi connectivity index (χ3v) is 4.17. The van der Waals surface area contributed by atoms with Crippen LogP contribution in [0.15, 0.2) is 0 Å². The van der Waals surface area contributed by atoms with Crippen LogP contribution in [-0.4, -0.2) is 5.66 Å². The minimum absolute atomic E-state index is 0.875. The summed E-state index contributed by atoms with van der Waals surface area (Å²) < 4.78 is 0. The third-order valence-electron chi connectivity index (χ3n) is 2.91. The molecule has 0 nitrogen and oxygen atoms in total. The summed E-state index contributed by atoms with van der Waals surface area (Å²) >= 11 is 0. The second-order valence-electron chi connectivity index (χ2n) is 3.63. The van der Waals surface area contributed by atoms with Crippen molar-refractivity contribution in [3.63, 3.8) is 0 Å². The molecule has 1 fully saturated rings. The fraction of sp³-hybridized carbons (Fsp3) is 1.00. The molecule has 0 aliphatic heterocycles. The van der Waals surface area contributed by atoms with Gasteiger partial charge in [0.2, 0.25) is 0 Å². The van der Waals surface area contributed by atoms with Gasteiger partial charge in [0.15, 0.2) is 0 Å². The fourth-order valence-electron chi connectivity index (χ4n) is 1.86. The van der Waals surface area contributed by atoms with E-state index in [-0.39, 0.29) is 0 Å². The summed E-state index contributed by atoms with van der Waals surface area (Å²) in [6.07, 6.45) is 1.43. The number of rotatable bonds is 0. The molecule has 54 valence electrons. The lowest BCUT2D eigenvalue weighted by atomic mass is 10.0. The predicted octanol–water partition coefficient (Wildman–Crippen LogP) is 2.54. The zero-order chi connectivity index (χ0) is 7.02. The summed E-state index contributed by atoms with van der Waals surface area (Å²) in [6, 6.07) is 0. The first-order valence-corrected chi connectivity index (χ1v) is 4.55. The van der Waals surface area contributed by atoms with Crippen molar-refractivity contribution in [1.29, 1.82) is 0 Å². The van der Waals surface area contributed by atoms with Crippen LogP contribution in [0, 0.1) is 17.8 Å². The molecule has 0 heterocycles. The molecule has 5 unspecified atom stereocenters. The highest BCUT2D eigenvalue weighted by molar-refractivity contribution is 7.17. The topological polar surface area (TPSA) is 0 Å². The summed E-state index contributed by atoms with van der Waals surface area (Å²) in [7, 11) is 2.98. The number of hydrogen-bond acceptors (Lipinski definition) is 0. The van der Waals surface area contributed by atoms with E-state index in [0.29, 0.717) is 0 Å². The molecule has 0 aromatic carbocycles. The molecule has 1 heteroatoms. The molecule has 0 radical (unpaired) electrons. The second-order valence-corrected chi connectivity index (χ2v) is 4.40. The molecule has 0 spiro atoms. The van der Waals surface area contributed by atoms with Crippen molar-refractivity contribution in [2.45, 2.75) is 32.9 Å². The maximum Gasteiger partial charge on any atom is -0.0210 e. The molecule has 5 atom stereocenters. The molecule has 0 aromatic rings. The van der Waals surface area contributed by atoms with Gasteiger partial charge in [-0.15, -0.1) is 9.24 Å². The van der Waals surface area contributed by atoms with E-state index < -0.39 is 0 Å². The van der Waals surface area contributed by atoms with Crippen molar-refractivity contribution in [1.82, 2.24) is 0 Å². The molecule has 1 rings (SSSR count). The first-order chi connectivity index (χ1) is 4.13. The maximum atomic E-state index is 2.98. The van der Waals surface area contributed by atoms with Crippen molar-refractivity contribution in [2.24, 2.45) is 17.8 Å². The molecular formula is C8H17P. The molecule has 0 aromatic heterocycles. The number of hydrogen-bond donors (Lipinski definition) is 0. The van der Waals surface area contributed by atoms with Crippen LogP contribution in [0.4, 0.5) is 0 Å². The zero-order valence-electron chi connectivity index (χ0n) is 6.59. The van der Waals surface area contributed by atoms with Crippen molar-refractivity contribution in [3.05, 3.63) is 0 Å². The first-order valence-electron chi connectivity index (χ1n) is 3.88. The van der Waals surface area contributed by atoms with E-state index in [1.165, 1.54) is 6.42 Å². The predicted molar refractivity (Wildman–Crippen MR) is 45.6 cm³/mol. The maximum absolute atomic E-state index is 2.98. The van der Waals surface area contributed by atoms with Crippen molar-refractivity contribution in [3.8, 4) is 0 Å². The highest BCUT2D eigenvalue weighted by Crippen LogP contribution is 2.40. The Morgan fingerprint density at radius 2 is 1.67 bits per heavy atom. The Morgan fingerprint density at radius 1 is 1.11 bits per heavy atom. The summed E-state index contributed by atoms with van der Waals surface area (Å²) in [5.74, 6) is 2.80. The van der Waals surface area contributed by atoms with Crippen molar-refractivity contribution < 1.29 is 0 Å². The standard InChI is InChI=1S/C8H17P/c1-5-4-6(2)8(9)7(5)3/h5-8H,4,9H2,1-3H3. The Balaban J connectivity index is 2.54. The van der Waals surface area contributed by atoms with Crippen LogP contribution >= 0.6 is 9.24 Å². The molecule has 1 saturated carbocycles. The van der Waals surface area contributed by atoms with Gasteiger partial charge in [-0.1, -0.05) is 20.8 Å². The van der Waals surface area contributed by atoms with E-state index in [1.54, 1.807) is 0 Å². The average molecular weight is 144 g/mol. The average Bonchev–Trinajstić information content (AvgIpc) is 1.98. The Kier molecular flexibility index (Phi) is 2.16. The second kappa shape index (κ2) is 2.58. The van der Waals surface area contributed by atoms with E-state index in [0.717, 1.165) is 23.4 Å². The summed E-state index contributed by atoms with van der Waals surface area (Å²) in [4.78, 5) is 0. The van der Waals surface area contributed by atoms with Crippen LogP contribution in [0.2, 0.25) is 0 Å². The molecule has 9 heavy (non-hydrogen) atoms. The van der Waals surface area contributed by atoms with Gasteiger partial charge in [-0.25, -0.2) is 0 Å². The van der Waals surface area contributed by atoms with Gasteiger partial charge < -0.3 is 0 Å². The van der Waals surface area contributed by atoms with Gasteiger partial charge in [-0.05, 0) is 29.8 Å². The van der Waals surface area contributed by atoms with Gasteiger partial charge in [0, 0.05) is 0 Å². The zero-order valence-corrected chi connectivity index (χ0v) is 7.75. The Bertz CT molecular complexity index is 88.7. The summed E-state index contributed by atoms with van der Waals surface area (Å²) in [5.41, 5.74) is 0.875. The van der Waals surface area contributed by atoms with E-state index in [9.17, 15) is 0 Å². The highest BCUT2D eigenvalue weighted by Gasteiger charge is 2.32. The van der Waals surface area contributed by atoms with Gasteiger partial charge in [0.25, 0.3) is 0 Å². The molecule has 0 saturated heterocycles. The lowest BCUT2D eigenvalue weighted by Gasteiger charge is -2.14. The Labute approximate surface area is 60.6 Å². The van der Waals surface area contributed by atoms with Crippen LogP contribution in [0.3, 0.4) is 0 Å². The fourth-order valence-corrected chi connectivity index (χ4v) is 2.39. The van der Waals surface area contributed by atoms with Crippen LogP contribution in [0.5, 0.6) is 0 Å². The highest BCUT2D eigenvalue weighted by atomic mass is 31.0. The Morgan fingerprint density at radius 3 is 1.78 bits per heavy atom. The minimum Gasteiger partial charge on any atom is -0.134 e. The van der Waals surface area contributed by atoms with Gasteiger partial charge >= 0.3 is 0 Å².